The number of nitrogens with zero attached hydrogens (tertiary/aromatic N) is 1. The van der Waals surface area contributed by atoms with Gasteiger partial charge in [-0.15, -0.1) is 0 Å². The molecule has 0 atom stereocenters. The van der Waals surface area contributed by atoms with Crippen molar-refractivity contribution in [3.05, 3.63) is 58.1 Å². The van der Waals surface area contributed by atoms with Gasteiger partial charge in [-0.2, -0.15) is 0 Å². The molecular weight excluding hydrogens is 386 g/mol. The van der Waals surface area contributed by atoms with Gasteiger partial charge in [0.05, 0.1) is 22.0 Å². The van der Waals surface area contributed by atoms with Crippen molar-refractivity contribution >= 4 is 27.1 Å². The molecule has 2 N–H and O–H groups in total. The lowest BCUT2D eigenvalue weighted by Gasteiger charge is -2.11. The van der Waals surface area contributed by atoms with Gasteiger partial charge in [0.15, 0.2) is 9.84 Å². The highest BCUT2D eigenvalue weighted by molar-refractivity contribution is 7.90. The molecule has 0 unspecified atom stereocenters. The minimum absolute atomic E-state index is 0.134. The molecule has 2 aromatic carbocycles. The van der Waals surface area contributed by atoms with Crippen molar-refractivity contribution in [1.82, 2.24) is 5.32 Å². The van der Waals surface area contributed by atoms with E-state index in [1.165, 1.54) is 12.1 Å². The molecule has 10 heteroatoms. The lowest BCUT2D eigenvalue weighted by molar-refractivity contribution is -0.384. The summed E-state index contributed by atoms with van der Waals surface area (Å²) in [6.45, 7) is 2.66. The minimum atomic E-state index is -3.55. The Morgan fingerprint density at radius 3 is 2.54 bits per heavy atom. The quantitative estimate of drug-likeness (QED) is 0.371. The Morgan fingerprint density at radius 2 is 1.89 bits per heavy atom. The number of nitrogens with one attached hydrogen (secondary N) is 2. The van der Waals surface area contributed by atoms with Crippen LogP contribution in [0.25, 0.3) is 0 Å². The van der Waals surface area contributed by atoms with E-state index in [-0.39, 0.29) is 35.3 Å². The lowest BCUT2D eigenvalue weighted by Crippen LogP contribution is -2.29. The van der Waals surface area contributed by atoms with Crippen LogP contribution in [-0.4, -0.2) is 45.2 Å². The maximum absolute atomic E-state index is 12.3. The number of hydrogen-bond donors (Lipinski definition) is 2. The predicted molar refractivity (Wildman–Crippen MR) is 105 cm³/mol. The molecule has 0 aliphatic rings. The van der Waals surface area contributed by atoms with Gasteiger partial charge in [-0.05, 0) is 31.2 Å². The van der Waals surface area contributed by atoms with Crippen molar-refractivity contribution in [1.29, 1.82) is 0 Å². The summed E-state index contributed by atoms with van der Waals surface area (Å²) in [5, 5.41) is 16.8. The molecule has 2 aromatic rings. The van der Waals surface area contributed by atoms with E-state index < -0.39 is 14.8 Å². The first-order valence-corrected chi connectivity index (χ1v) is 10.4. The van der Waals surface area contributed by atoms with Gasteiger partial charge in [-0.3, -0.25) is 14.9 Å². The van der Waals surface area contributed by atoms with Crippen LogP contribution in [0.15, 0.2) is 47.4 Å². The zero-order chi connectivity index (χ0) is 20.7. The van der Waals surface area contributed by atoms with Gasteiger partial charge in [0.2, 0.25) is 0 Å². The topological polar surface area (TPSA) is 128 Å². The van der Waals surface area contributed by atoms with E-state index in [2.05, 4.69) is 10.6 Å². The van der Waals surface area contributed by atoms with Gasteiger partial charge in [-0.25, -0.2) is 8.42 Å². The summed E-state index contributed by atoms with van der Waals surface area (Å²) in [4.78, 5) is 22.7. The fourth-order valence-electron chi connectivity index (χ4n) is 2.45. The van der Waals surface area contributed by atoms with Crippen LogP contribution in [0.4, 0.5) is 11.4 Å². The molecule has 0 aromatic heterocycles. The molecule has 150 valence electrons. The number of amides is 1. The summed E-state index contributed by atoms with van der Waals surface area (Å²) in [6, 6.07) is 10.5. The molecule has 2 rings (SSSR count). The molecule has 0 aliphatic carbocycles. The molecule has 9 nitrogen and oxygen atoms in total. The van der Waals surface area contributed by atoms with Crippen molar-refractivity contribution in [2.45, 2.75) is 11.8 Å². The predicted octanol–water partition coefficient (Wildman–Crippen LogP) is 2.24. The third kappa shape index (κ3) is 5.43. The molecule has 0 heterocycles. The first kappa shape index (κ1) is 21.2. The van der Waals surface area contributed by atoms with Crippen molar-refractivity contribution < 1.29 is 22.9 Å². The van der Waals surface area contributed by atoms with E-state index in [1.807, 2.05) is 6.92 Å². The number of rotatable bonds is 9. The monoisotopic (exact) mass is 407 g/mol. The Hall–Kier alpha value is -3.14. The number of anilines is 1. The van der Waals surface area contributed by atoms with E-state index in [0.29, 0.717) is 17.9 Å². The number of benzene rings is 2. The van der Waals surface area contributed by atoms with E-state index in [0.717, 1.165) is 12.3 Å². The fraction of sp³-hybridized carbons (Fsp3) is 0.278. The smallest absolute Gasteiger partial charge is 0.293 e. The molecular formula is C18H21N3O6S. The third-order valence-electron chi connectivity index (χ3n) is 3.75. The molecule has 0 spiro atoms. The van der Waals surface area contributed by atoms with E-state index in [1.54, 1.807) is 24.3 Å². The third-order valence-corrected chi connectivity index (χ3v) is 4.86. The van der Waals surface area contributed by atoms with E-state index in [4.69, 9.17) is 4.74 Å². The van der Waals surface area contributed by atoms with Gasteiger partial charge in [0.25, 0.3) is 11.6 Å². The summed E-state index contributed by atoms with van der Waals surface area (Å²) in [5.41, 5.74) is 0.213. The van der Waals surface area contributed by atoms with Crippen LogP contribution in [0.1, 0.15) is 17.3 Å². The summed E-state index contributed by atoms with van der Waals surface area (Å²) < 4.78 is 28.5. The van der Waals surface area contributed by atoms with Crippen LogP contribution in [0.3, 0.4) is 0 Å². The lowest BCUT2D eigenvalue weighted by atomic mass is 10.2. The largest absolute Gasteiger partial charge is 0.493 e. The first-order chi connectivity index (χ1) is 13.2. The number of hydrogen-bond acceptors (Lipinski definition) is 7. The Bertz CT molecular complexity index is 975. The Labute approximate surface area is 162 Å². The van der Waals surface area contributed by atoms with Crippen molar-refractivity contribution in [2.24, 2.45) is 0 Å². The van der Waals surface area contributed by atoms with Crippen molar-refractivity contribution in [3.8, 4) is 5.75 Å². The molecule has 0 saturated heterocycles. The van der Waals surface area contributed by atoms with E-state index in [9.17, 15) is 23.3 Å². The zero-order valence-corrected chi connectivity index (χ0v) is 16.3. The molecule has 0 fully saturated rings. The van der Waals surface area contributed by atoms with Gasteiger partial charge < -0.3 is 15.4 Å². The second-order valence-corrected chi connectivity index (χ2v) is 7.84. The van der Waals surface area contributed by atoms with Crippen molar-refractivity contribution in [2.75, 3.05) is 31.3 Å². The SMILES string of the molecule is CCOc1ccccc1C(=O)NCCNc1ccc(S(C)(=O)=O)cc1[N+](=O)[O-]. The summed E-state index contributed by atoms with van der Waals surface area (Å²) >= 11 is 0. The van der Waals surface area contributed by atoms with Crippen molar-refractivity contribution in [3.63, 3.8) is 0 Å². The van der Waals surface area contributed by atoms with Crippen LogP contribution in [0, 0.1) is 10.1 Å². The zero-order valence-electron chi connectivity index (χ0n) is 15.5. The van der Waals surface area contributed by atoms with Crippen LogP contribution >= 0.6 is 0 Å². The number of carbonyl (C=O) groups is 1. The van der Waals surface area contributed by atoms with E-state index >= 15 is 0 Å². The first-order valence-electron chi connectivity index (χ1n) is 8.46. The number of ether oxygens (including phenoxy) is 1. The normalized spacial score (nSPS) is 10.9. The maximum Gasteiger partial charge on any atom is 0.293 e. The Kier molecular flexibility index (Phi) is 6.94. The summed E-state index contributed by atoms with van der Waals surface area (Å²) in [5.74, 6) is 0.148. The Morgan fingerprint density at radius 1 is 1.18 bits per heavy atom. The highest BCUT2D eigenvalue weighted by atomic mass is 32.2. The number of nitro groups is 1. The van der Waals surface area contributed by atoms with Crippen LogP contribution in [0.2, 0.25) is 0 Å². The molecule has 0 aliphatic heterocycles. The minimum Gasteiger partial charge on any atom is -0.493 e. The summed E-state index contributed by atoms with van der Waals surface area (Å²) in [6.07, 6.45) is 0.981. The molecule has 0 radical (unpaired) electrons. The summed E-state index contributed by atoms with van der Waals surface area (Å²) in [7, 11) is -3.55. The van der Waals surface area contributed by atoms with Crippen LogP contribution in [-0.2, 0) is 9.84 Å². The second kappa shape index (κ2) is 9.18. The highest BCUT2D eigenvalue weighted by Crippen LogP contribution is 2.27. The number of nitro benzene ring substituents is 1. The van der Waals surface area contributed by atoms with Gasteiger partial charge in [-0.1, -0.05) is 12.1 Å². The molecule has 1 amide bonds. The van der Waals surface area contributed by atoms with Crippen LogP contribution < -0.4 is 15.4 Å². The Balaban J connectivity index is 2.00. The van der Waals surface area contributed by atoms with Gasteiger partial charge >= 0.3 is 0 Å². The van der Waals surface area contributed by atoms with Gasteiger partial charge in [0.1, 0.15) is 11.4 Å². The highest BCUT2D eigenvalue weighted by Gasteiger charge is 2.18. The second-order valence-electron chi connectivity index (χ2n) is 5.82. The fourth-order valence-corrected chi connectivity index (χ4v) is 3.09. The average Bonchev–Trinajstić information content (AvgIpc) is 2.65. The number of carbonyl (C=O) groups excluding carboxylic acids is 1. The molecule has 0 saturated carbocycles. The average molecular weight is 407 g/mol. The maximum atomic E-state index is 12.3. The number of sulfone groups is 1. The molecule has 0 bridgehead atoms. The van der Waals surface area contributed by atoms with Crippen LogP contribution in [0.5, 0.6) is 5.75 Å². The van der Waals surface area contributed by atoms with Gasteiger partial charge in [0, 0.05) is 25.4 Å². The number of para-hydroxylation sites is 1. The standard InChI is InChI=1S/C18H21N3O6S/c1-3-27-17-7-5-4-6-14(17)18(22)20-11-10-19-15-9-8-13(28(2,25)26)12-16(15)21(23)24/h4-9,12,19H,3,10-11H2,1-2H3,(H,20,22). The molecule has 28 heavy (non-hydrogen) atoms.